The number of aliphatic carboxylic acids is 1. The Bertz CT molecular complexity index is 493. The highest BCUT2D eigenvalue weighted by Gasteiger charge is 2.17. The van der Waals surface area contributed by atoms with E-state index in [1.165, 1.54) is 0 Å². The molecule has 6 heteroatoms. The molecule has 0 aromatic heterocycles. The Morgan fingerprint density at radius 1 is 1.14 bits per heavy atom. The fraction of sp³-hybridized carbons (Fsp3) is 0.467. The number of hydrogen-bond donors (Lipinski definition) is 1. The first-order chi connectivity index (χ1) is 10.0. The molecule has 0 atom stereocenters. The fourth-order valence-corrected chi connectivity index (χ4v) is 2.18. The number of likely N-dealkylation sites (N-methyl/N-ethyl adjacent to an activating group) is 1. The maximum Gasteiger partial charge on any atom is 0.341 e. The largest absolute Gasteiger partial charge is 0.482 e. The van der Waals surface area contributed by atoms with Gasteiger partial charge < -0.3 is 14.7 Å². The van der Waals surface area contributed by atoms with E-state index >= 15 is 0 Å². The van der Waals surface area contributed by atoms with Crippen LogP contribution in [0.25, 0.3) is 0 Å². The molecule has 1 aromatic carbocycles. The summed E-state index contributed by atoms with van der Waals surface area (Å²) in [5.74, 6) is -0.497. The van der Waals surface area contributed by atoms with Gasteiger partial charge in [-0.05, 0) is 31.3 Å². The summed E-state index contributed by atoms with van der Waals surface area (Å²) >= 11 is 0. The van der Waals surface area contributed by atoms with E-state index in [9.17, 15) is 9.59 Å². The Morgan fingerprint density at radius 2 is 1.76 bits per heavy atom. The van der Waals surface area contributed by atoms with Crippen LogP contribution >= 0.6 is 0 Å². The molecule has 21 heavy (non-hydrogen) atoms. The van der Waals surface area contributed by atoms with Crippen molar-refractivity contribution >= 4 is 11.8 Å². The molecule has 0 radical (unpaired) electrons. The molecule has 0 aliphatic carbocycles. The summed E-state index contributed by atoms with van der Waals surface area (Å²) < 4.78 is 5.04. The number of Topliss-reactive ketones (excluding diaryl/α,β-unsaturated/α-hetero) is 1. The number of carboxylic acid groups (broad SMARTS) is 1. The van der Waals surface area contributed by atoms with E-state index < -0.39 is 5.97 Å². The second-order valence-corrected chi connectivity index (χ2v) is 5.21. The van der Waals surface area contributed by atoms with Gasteiger partial charge in [0, 0.05) is 31.7 Å². The van der Waals surface area contributed by atoms with Gasteiger partial charge in [0.15, 0.2) is 12.4 Å². The van der Waals surface area contributed by atoms with E-state index in [0.29, 0.717) is 17.9 Å². The number of ketones is 1. The minimum atomic E-state index is -1.02. The third-order valence-corrected chi connectivity index (χ3v) is 3.50. The first kappa shape index (κ1) is 15.5. The monoisotopic (exact) mass is 292 g/mol. The highest BCUT2D eigenvalue weighted by atomic mass is 16.5. The highest BCUT2D eigenvalue weighted by molar-refractivity contribution is 5.97. The number of carboxylic acids is 1. The van der Waals surface area contributed by atoms with E-state index in [0.717, 1.165) is 26.2 Å². The summed E-state index contributed by atoms with van der Waals surface area (Å²) in [6.07, 6.45) is 0. The zero-order valence-corrected chi connectivity index (χ0v) is 12.1. The fourth-order valence-electron chi connectivity index (χ4n) is 2.18. The summed E-state index contributed by atoms with van der Waals surface area (Å²) in [7, 11) is 2.08. The van der Waals surface area contributed by atoms with Crippen LogP contribution in [0, 0.1) is 0 Å². The second kappa shape index (κ2) is 7.19. The molecule has 0 spiro atoms. The molecule has 1 aliphatic rings. The number of ether oxygens (including phenoxy) is 1. The Labute approximate surface area is 123 Å². The summed E-state index contributed by atoms with van der Waals surface area (Å²) in [5.41, 5.74) is 0.622. The second-order valence-electron chi connectivity index (χ2n) is 5.21. The quantitative estimate of drug-likeness (QED) is 0.774. The lowest BCUT2D eigenvalue weighted by Crippen LogP contribution is -2.46. The van der Waals surface area contributed by atoms with Gasteiger partial charge in [0.05, 0.1) is 6.54 Å². The van der Waals surface area contributed by atoms with E-state index in [1.54, 1.807) is 24.3 Å². The van der Waals surface area contributed by atoms with Crippen molar-refractivity contribution in [2.24, 2.45) is 0 Å². The molecule has 2 rings (SSSR count). The number of nitrogens with zero attached hydrogens (tertiary/aromatic N) is 2. The summed E-state index contributed by atoms with van der Waals surface area (Å²) in [4.78, 5) is 27.0. The number of benzene rings is 1. The Hall–Kier alpha value is -1.92. The predicted octanol–water partition coefficient (Wildman–Crippen LogP) is 0.580. The smallest absolute Gasteiger partial charge is 0.341 e. The van der Waals surface area contributed by atoms with Crippen LogP contribution in [0.1, 0.15) is 10.4 Å². The molecule has 0 amide bonds. The van der Waals surface area contributed by atoms with E-state index in [4.69, 9.17) is 9.84 Å². The van der Waals surface area contributed by atoms with Crippen molar-refractivity contribution in [1.82, 2.24) is 9.80 Å². The van der Waals surface area contributed by atoms with Gasteiger partial charge in [-0.15, -0.1) is 0 Å². The molecule has 1 saturated heterocycles. The minimum absolute atomic E-state index is 0.0735. The number of hydrogen-bond acceptors (Lipinski definition) is 5. The summed E-state index contributed by atoms with van der Waals surface area (Å²) in [6, 6.07) is 6.60. The van der Waals surface area contributed by atoms with Gasteiger partial charge >= 0.3 is 5.97 Å². The van der Waals surface area contributed by atoms with Crippen LogP contribution in [0.2, 0.25) is 0 Å². The molecule has 0 bridgehead atoms. The third kappa shape index (κ3) is 4.84. The normalized spacial score (nSPS) is 16.6. The molecular formula is C15H20N2O4. The standard InChI is InChI=1S/C15H20N2O4/c1-16-6-8-17(9-7-16)10-14(18)12-2-4-13(5-3-12)21-11-15(19)20/h2-5H,6-11H2,1H3,(H,19,20). The van der Waals surface area contributed by atoms with Crippen LogP contribution in [-0.2, 0) is 4.79 Å². The van der Waals surface area contributed by atoms with Gasteiger partial charge in [0.1, 0.15) is 5.75 Å². The number of rotatable bonds is 6. The van der Waals surface area contributed by atoms with E-state index in [-0.39, 0.29) is 12.4 Å². The Balaban J connectivity index is 1.86. The van der Waals surface area contributed by atoms with Crippen LogP contribution in [0.15, 0.2) is 24.3 Å². The average Bonchev–Trinajstić information content (AvgIpc) is 2.48. The van der Waals surface area contributed by atoms with Gasteiger partial charge in [0.25, 0.3) is 0 Å². The van der Waals surface area contributed by atoms with Crippen molar-refractivity contribution in [2.75, 3.05) is 46.4 Å². The summed E-state index contributed by atoms with van der Waals surface area (Å²) in [6.45, 7) is 3.81. The highest BCUT2D eigenvalue weighted by Crippen LogP contribution is 2.13. The third-order valence-electron chi connectivity index (χ3n) is 3.50. The molecule has 114 valence electrons. The zero-order chi connectivity index (χ0) is 15.2. The number of piperazine rings is 1. The molecule has 1 aliphatic heterocycles. The van der Waals surface area contributed by atoms with Gasteiger partial charge in [-0.25, -0.2) is 4.79 Å². The van der Waals surface area contributed by atoms with Crippen molar-refractivity contribution in [2.45, 2.75) is 0 Å². The lowest BCUT2D eigenvalue weighted by atomic mass is 10.1. The lowest BCUT2D eigenvalue weighted by Gasteiger charge is -2.31. The minimum Gasteiger partial charge on any atom is -0.482 e. The van der Waals surface area contributed by atoms with Crippen molar-refractivity contribution in [1.29, 1.82) is 0 Å². The lowest BCUT2D eigenvalue weighted by molar-refractivity contribution is -0.139. The zero-order valence-electron chi connectivity index (χ0n) is 12.1. The van der Waals surface area contributed by atoms with Crippen molar-refractivity contribution in [3.8, 4) is 5.75 Å². The van der Waals surface area contributed by atoms with Crippen LogP contribution in [-0.4, -0.2) is 73.0 Å². The Morgan fingerprint density at radius 3 is 2.33 bits per heavy atom. The molecule has 1 heterocycles. The predicted molar refractivity (Wildman–Crippen MR) is 77.8 cm³/mol. The van der Waals surface area contributed by atoms with Crippen molar-refractivity contribution < 1.29 is 19.4 Å². The Kier molecular flexibility index (Phi) is 5.30. The molecule has 6 nitrogen and oxygen atoms in total. The maximum absolute atomic E-state index is 12.2. The van der Waals surface area contributed by atoms with Gasteiger partial charge in [-0.3, -0.25) is 9.69 Å². The van der Waals surface area contributed by atoms with Gasteiger partial charge in [0.2, 0.25) is 0 Å². The van der Waals surface area contributed by atoms with Gasteiger partial charge in [-0.2, -0.15) is 0 Å². The molecule has 0 unspecified atom stereocenters. The maximum atomic E-state index is 12.2. The van der Waals surface area contributed by atoms with E-state index in [1.807, 2.05) is 0 Å². The molecule has 1 fully saturated rings. The van der Waals surface area contributed by atoms with Gasteiger partial charge in [-0.1, -0.05) is 0 Å². The average molecular weight is 292 g/mol. The topological polar surface area (TPSA) is 70.1 Å². The summed E-state index contributed by atoms with van der Waals surface area (Å²) in [5, 5.41) is 8.53. The molecule has 0 saturated carbocycles. The number of carbonyl (C=O) groups excluding carboxylic acids is 1. The van der Waals surface area contributed by atoms with Crippen LogP contribution < -0.4 is 4.74 Å². The van der Waals surface area contributed by atoms with Crippen LogP contribution in [0.3, 0.4) is 0 Å². The van der Waals surface area contributed by atoms with Crippen LogP contribution in [0.5, 0.6) is 5.75 Å². The van der Waals surface area contributed by atoms with Crippen molar-refractivity contribution in [3.05, 3.63) is 29.8 Å². The molecule has 1 N–H and O–H groups in total. The van der Waals surface area contributed by atoms with E-state index in [2.05, 4.69) is 16.8 Å². The molecule has 1 aromatic rings. The number of carbonyl (C=O) groups is 2. The van der Waals surface area contributed by atoms with Crippen LogP contribution in [0.4, 0.5) is 0 Å². The molecular weight excluding hydrogens is 272 g/mol. The SMILES string of the molecule is CN1CCN(CC(=O)c2ccc(OCC(=O)O)cc2)CC1. The first-order valence-electron chi connectivity index (χ1n) is 6.93. The first-order valence-corrected chi connectivity index (χ1v) is 6.93. The van der Waals surface area contributed by atoms with Crippen molar-refractivity contribution in [3.63, 3.8) is 0 Å².